The van der Waals surface area contributed by atoms with E-state index in [-0.39, 0.29) is 10.8 Å². The Labute approximate surface area is 113 Å². The van der Waals surface area contributed by atoms with Crippen LogP contribution in [-0.4, -0.2) is 27.3 Å². The second-order valence-electron chi connectivity index (χ2n) is 3.33. The molecule has 7 heteroatoms. The average molecular weight is 286 g/mol. The van der Waals surface area contributed by atoms with Crippen molar-refractivity contribution in [3.05, 3.63) is 40.3 Å². The Balaban J connectivity index is 2.32. The molecule has 0 atom stereocenters. The van der Waals surface area contributed by atoms with Crippen molar-refractivity contribution in [3.63, 3.8) is 0 Å². The molecule has 0 N–H and O–H groups in total. The zero-order valence-corrected chi connectivity index (χ0v) is 10.9. The summed E-state index contributed by atoms with van der Waals surface area (Å²) in [6, 6.07) is 4.65. The molecule has 94 valence electrons. The van der Waals surface area contributed by atoms with E-state index >= 15 is 0 Å². The van der Waals surface area contributed by atoms with Gasteiger partial charge in [0.15, 0.2) is 11.5 Å². The Morgan fingerprint density at radius 2 is 2.22 bits per heavy atom. The molecule has 0 radical (unpaired) electrons. The number of hydrogen-bond donors (Lipinski definition) is 0. The Hall–Kier alpha value is -1.59. The van der Waals surface area contributed by atoms with Crippen LogP contribution < -0.4 is 0 Å². The molecule has 0 fully saturated rings. The smallest absolute Gasteiger partial charge is 0.358 e. The zero-order chi connectivity index (χ0) is 13.1. The molecule has 2 aromatic rings. The number of ether oxygens (including phenoxy) is 1. The number of pyridine rings is 1. The van der Waals surface area contributed by atoms with Gasteiger partial charge in [-0.25, -0.2) is 14.5 Å². The fraction of sp³-hybridized carbons (Fsp3) is 0.182. The number of halogens is 2. The van der Waals surface area contributed by atoms with E-state index in [4.69, 9.17) is 27.9 Å². The van der Waals surface area contributed by atoms with Crippen LogP contribution in [-0.2, 0) is 4.74 Å². The van der Waals surface area contributed by atoms with Crippen LogP contribution in [0.1, 0.15) is 17.4 Å². The highest BCUT2D eigenvalue weighted by Gasteiger charge is 2.11. The van der Waals surface area contributed by atoms with Crippen molar-refractivity contribution in [2.24, 2.45) is 0 Å². The van der Waals surface area contributed by atoms with E-state index in [2.05, 4.69) is 10.1 Å². The van der Waals surface area contributed by atoms with Crippen LogP contribution in [0.25, 0.3) is 5.82 Å². The van der Waals surface area contributed by atoms with Gasteiger partial charge in [-0.2, -0.15) is 5.10 Å². The summed E-state index contributed by atoms with van der Waals surface area (Å²) in [5, 5.41) is 4.74. The molecule has 0 aromatic carbocycles. The summed E-state index contributed by atoms with van der Waals surface area (Å²) in [5.74, 6) is -0.0487. The maximum absolute atomic E-state index is 11.5. The predicted molar refractivity (Wildman–Crippen MR) is 67.3 cm³/mol. The molecular formula is C11H9Cl2N3O2. The summed E-state index contributed by atoms with van der Waals surface area (Å²) in [5.41, 5.74) is 0.203. The van der Waals surface area contributed by atoms with Crippen molar-refractivity contribution >= 4 is 29.2 Å². The average Bonchev–Trinajstić information content (AvgIpc) is 2.77. The van der Waals surface area contributed by atoms with Crippen LogP contribution in [0.2, 0.25) is 10.2 Å². The van der Waals surface area contributed by atoms with E-state index in [9.17, 15) is 4.79 Å². The van der Waals surface area contributed by atoms with E-state index in [1.54, 1.807) is 19.2 Å². The normalized spacial score (nSPS) is 10.4. The van der Waals surface area contributed by atoms with Crippen molar-refractivity contribution in [3.8, 4) is 5.82 Å². The number of nitrogens with zero attached hydrogens (tertiary/aromatic N) is 3. The summed E-state index contributed by atoms with van der Waals surface area (Å²) in [6.45, 7) is 2.03. The summed E-state index contributed by atoms with van der Waals surface area (Å²) < 4.78 is 6.24. The first-order valence-electron chi connectivity index (χ1n) is 5.16. The van der Waals surface area contributed by atoms with Gasteiger partial charge >= 0.3 is 5.97 Å². The van der Waals surface area contributed by atoms with Crippen molar-refractivity contribution in [2.45, 2.75) is 6.92 Å². The standard InChI is InChI=1S/C11H9Cl2N3O2/c1-2-18-11(17)8-3-4-16(15-8)10-6-7(12)5-9(13)14-10/h3-6H,2H2,1H3. The highest BCUT2D eigenvalue weighted by molar-refractivity contribution is 6.34. The molecule has 0 unspecified atom stereocenters. The lowest BCUT2D eigenvalue weighted by Gasteiger charge is -2.01. The molecule has 0 aliphatic carbocycles. The van der Waals surface area contributed by atoms with Crippen LogP contribution in [0.4, 0.5) is 0 Å². The van der Waals surface area contributed by atoms with E-state index in [0.29, 0.717) is 17.4 Å². The molecule has 0 amide bonds. The van der Waals surface area contributed by atoms with E-state index in [1.807, 2.05) is 0 Å². The Bertz CT molecular complexity index is 563. The number of rotatable bonds is 3. The van der Waals surface area contributed by atoms with Crippen molar-refractivity contribution in [1.82, 2.24) is 14.8 Å². The summed E-state index contributed by atoms with van der Waals surface area (Å²) in [6.07, 6.45) is 1.58. The first kappa shape index (κ1) is 12.9. The molecule has 0 saturated heterocycles. The highest BCUT2D eigenvalue weighted by Crippen LogP contribution is 2.17. The minimum atomic E-state index is -0.482. The third-order valence-corrected chi connectivity index (χ3v) is 2.47. The maximum atomic E-state index is 11.5. The molecular weight excluding hydrogens is 277 g/mol. The van der Waals surface area contributed by atoms with E-state index in [0.717, 1.165) is 0 Å². The van der Waals surface area contributed by atoms with E-state index in [1.165, 1.54) is 16.8 Å². The molecule has 0 aliphatic rings. The lowest BCUT2D eigenvalue weighted by Crippen LogP contribution is -2.07. The fourth-order valence-corrected chi connectivity index (χ4v) is 1.80. The second kappa shape index (κ2) is 5.37. The third kappa shape index (κ3) is 2.80. The van der Waals surface area contributed by atoms with Gasteiger partial charge in [0, 0.05) is 17.3 Å². The maximum Gasteiger partial charge on any atom is 0.358 e. The van der Waals surface area contributed by atoms with Gasteiger partial charge in [0.05, 0.1) is 6.61 Å². The largest absolute Gasteiger partial charge is 0.461 e. The van der Waals surface area contributed by atoms with Gasteiger partial charge in [-0.05, 0) is 19.1 Å². The quantitative estimate of drug-likeness (QED) is 0.643. The molecule has 0 spiro atoms. The number of esters is 1. The minimum absolute atomic E-state index is 0.203. The van der Waals surface area contributed by atoms with Gasteiger partial charge in [0.2, 0.25) is 0 Å². The monoisotopic (exact) mass is 285 g/mol. The molecule has 0 aliphatic heterocycles. The number of hydrogen-bond acceptors (Lipinski definition) is 4. The Morgan fingerprint density at radius 3 is 2.89 bits per heavy atom. The van der Waals surface area contributed by atoms with Crippen LogP contribution in [0.3, 0.4) is 0 Å². The Morgan fingerprint density at radius 1 is 1.44 bits per heavy atom. The van der Waals surface area contributed by atoms with Crippen molar-refractivity contribution < 1.29 is 9.53 Å². The summed E-state index contributed by atoms with van der Waals surface area (Å²) in [4.78, 5) is 15.5. The number of aromatic nitrogens is 3. The first-order valence-corrected chi connectivity index (χ1v) is 5.92. The van der Waals surface area contributed by atoms with Gasteiger partial charge in [0.1, 0.15) is 5.15 Å². The number of carbonyl (C=O) groups is 1. The molecule has 2 aromatic heterocycles. The summed E-state index contributed by atoms with van der Waals surface area (Å²) in [7, 11) is 0. The van der Waals surface area contributed by atoms with E-state index < -0.39 is 5.97 Å². The van der Waals surface area contributed by atoms with Gasteiger partial charge in [-0.15, -0.1) is 0 Å². The van der Waals surface area contributed by atoms with Crippen LogP contribution in [0.5, 0.6) is 0 Å². The molecule has 2 heterocycles. The van der Waals surface area contributed by atoms with Gasteiger partial charge in [-0.1, -0.05) is 23.2 Å². The SMILES string of the molecule is CCOC(=O)c1ccn(-c2cc(Cl)cc(Cl)n2)n1. The first-order chi connectivity index (χ1) is 8.60. The van der Waals surface area contributed by atoms with Gasteiger partial charge in [0.25, 0.3) is 0 Å². The Kier molecular flexibility index (Phi) is 3.84. The van der Waals surface area contributed by atoms with Crippen molar-refractivity contribution in [1.29, 1.82) is 0 Å². The zero-order valence-electron chi connectivity index (χ0n) is 9.43. The fourth-order valence-electron chi connectivity index (χ4n) is 1.34. The molecule has 5 nitrogen and oxygen atoms in total. The number of carbonyl (C=O) groups excluding carboxylic acids is 1. The lowest BCUT2D eigenvalue weighted by molar-refractivity contribution is 0.0519. The van der Waals surface area contributed by atoms with Gasteiger partial charge in [-0.3, -0.25) is 0 Å². The minimum Gasteiger partial charge on any atom is -0.461 e. The highest BCUT2D eigenvalue weighted by atomic mass is 35.5. The molecule has 0 saturated carbocycles. The van der Waals surface area contributed by atoms with Crippen LogP contribution >= 0.6 is 23.2 Å². The van der Waals surface area contributed by atoms with Crippen molar-refractivity contribution in [2.75, 3.05) is 6.61 Å². The molecule has 0 bridgehead atoms. The lowest BCUT2D eigenvalue weighted by atomic mass is 10.4. The topological polar surface area (TPSA) is 57.0 Å². The molecule has 2 rings (SSSR count). The molecule has 18 heavy (non-hydrogen) atoms. The third-order valence-electron chi connectivity index (χ3n) is 2.05. The van der Waals surface area contributed by atoms with Crippen LogP contribution in [0.15, 0.2) is 24.4 Å². The second-order valence-corrected chi connectivity index (χ2v) is 4.16. The van der Waals surface area contributed by atoms with Gasteiger partial charge < -0.3 is 4.74 Å². The predicted octanol–water partition coefficient (Wildman–Crippen LogP) is 2.75. The summed E-state index contributed by atoms with van der Waals surface area (Å²) >= 11 is 11.7. The van der Waals surface area contributed by atoms with Crippen LogP contribution in [0, 0.1) is 0 Å².